The summed E-state index contributed by atoms with van der Waals surface area (Å²) < 4.78 is 11.1. The highest BCUT2D eigenvalue weighted by molar-refractivity contribution is 7.18. The van der Waals surface area contributed by atoms with Gasteiger partial charge in [-0.15, -0.1) is 11.3 Å². The zero-order valence-electron chi connectivity index (χ0n) is 19.6. The van der Waals surface area contributed by atoms with Crippen LogP contribution in [0.3, 0.4) is 0 Å². The second-order valence-corrected chi connectivity index (χ2v) is 10.0. The Morgan fingerprint density at radius 2 is 1.97 bits per heavy atom. The molecule has 1 unspecified atom stereocenters. The van der Waals surface area contributed by atoms with E-state index in [0.717, 1.165) is 85.8 Å². The average Bonchev–Trinajstić information content (AvgIpc) is 3.12. The number of rotatable bonds is 6. The van der Waals surface area contributed by atoms with E-state index in [9.17, 15) is 0 Å². The molecule has 0 saturated carbocycles. The summed E-state index contributed by atoms with van der Waals surface area (Å²) in [6, 6.07) is 4.25. The van der Waals surface area contributed by atoms with E-state index in [1.54, 1.807) is 11.3 Å². The first-order valence-corrected chi connectivity index (χ1v) is 12.5. The molecule has 176 valence electrons. The number of fused-ring (bicyclic) bond motifs is 1. The van der Waals surface area contributed by atoms with Gasteiger partial charge < -0.3 is 19.7 Å². The quantitative estimate of drug-likeness (QED) is 0.590. The van der Waals surface area contributed by atoms with Crippen LogP contribution in [-0.2, 0) is 22.6 Å². The van der Waals surface area contributed by atoms with E-state index in [1.165, 1.54) is 10.4 Å². The summed E-state index contributed by atoms with van der Waals surface area (Å²) in [4.78, 5) is 21.5. The maximum absolute atomic E-state index is 5.64. The Balaban J connectivity index is 1.33. The van der Waals surface area contributed by atoms with E-state index in [4.69, 9.17) is 24.4 Å². The number of nitrogens with zero attached hydrogens (tertiary/aromatic N) is 5. The molecular formula is C24H32N6O2S. The number of hydrogen-bond acceptors (Lipinski definition) is 9. The molecule has 0 aliphatic carbocycles. The lowest BCUT2D eigenvalue weighted by molar-refractivity contribution is 0.0331. The molecule has 0 bridgehead atoms. The van der Waals surface area contributed by atoms with E-state index in [2.05, 4.69) is 48.0 Å². The standard InChI is InChI=1S/C24H32N6O2S/c1-16-14-30(8-11-32-16)21-5-4-19(12-25-21)13-26-23-22-17(2)18(3)33-24(22)28-20(27-23)15-29-6-9-31-10-7-29/h4-5,12,16H,6-11,13-15H2,1-3H3,(H,26,27,28). The largest absolute Gasteiger partial charge is 0.379 e. The molecule has 0 aromatic carbocycles. The summed E-state index contributed by atoms with van der Waals surface area (Å²) in [6.45, 7) is 13.8. The Hall–Kier alpha value is -2.33. The Bertz CT molecular complexity index is 1100. The normalized spacial score (nSPS) is 19.8. The zero-order valence-corrected chi connectivity index (χ0v) is 20.5. The summed E-state index contributed by atoms with van der Waals surface area (Å²) in [5, 5.41) is 4.71. The van der Waals surface area contributed by atoms with Crippen LogP contribution in [0.2, 0.25) is 0 Å². The summed E-state index contributed by atoms with van der Waals surface area (Å²) in [5.41, 5.74) is 2.39. The minimum atomic E-state index is 0.242. The molecule has 0 spiro atoms. The number of morpholine rings is 2. The van der Waals surface area contributed by atoms with Gasteiger partial charge >= 0.3 is 0 Å². The SMILES string of the molecule is Cc1sc2nc(CN3CCOCC3)nc(NCc3ccc(N4CCOC(C)C4)nc3)c2c1C. The van der Waals surface area contributed by atoms with Crippen LogP contribution >= 0.6 is 11.3 Å². The molecule has 2 aliphatic rings. The van der Waals surface area contributed by atoms with Gasteiger partial charge in [-0.2, -0.15) is 0 Å². The highest BCUT2D eigenvalue weighted by Crippen LogP contribution is 2.33. The molecule has 33 heavy (non-hydrogen) atoms. The van der Waals surface area contributed by atoms with Gasteiger partial charge in [-0.3, -0.25) is 4.90 Å². The third kappa shape index (κ3) is 5.11. The van der Waals surface area contributed by atoms with Gasteiger partial charge in [0, 0.05) is 43.8 Å². The second-order valence-electron chi connectivity index (χ2n) is 8.85. The predicted octanol–water partition coefficient (Wildman–Crippen LogP) is 3.37. The third-order valence-electron chi connectivity index (χ3n) is 6.38. The van der Waals surface area contributed by atoms with E-state index in [1.807, 2.05) is 6.20 Å². The molecule has 0 radical (unpaired) electrons. The summed E-state index contributed by atoms with van der Waals surface area (Å²) in [5.74, 6) is 2.79. The van der Waals surface area contributed by atoms with Gasteiger partial charge in [0.25, 0.3) is 0 Å². The Kier molecular flexibility index (Phi) is 6.73. The molecule has 1 N–H and O–H groups in total. The minimum Gasteiger partial charge on any atom is -0.379 e. The van der Waals surface area contributed by atoms with E-state index in [0.29, 0.717) is 6.54 Å². The van der Waals surface area contributed by atoms with Crippen molar-refractivity contribution in [2.75, 3.05) is 56.2 Å². The number of ether oxygens (including phenoxy) is 2. The fraction of sp³-hybridized carbons (Fsp3) is 0.542. The van der Waals surface area contributed by atoms with Crippen LogP contribution in [-0.4, -0.2) is 72.0 Å². The van der Waals surface area contributed by atoms with Crippen LogP contribution in [0.1, 0.15) is 28.8 Å². The van der Waals surface area contributed by atoms with Gasteiger partial charge in [-0.1, -0.05) is 6.07 Å². The average molecular weight is 469 g/mol. The van der Waals surface area contributed by atoms with Gasteiger partial charge in [-0.05, 0) is 38.0 Å². The molecule has 0 amide bonds. The number of pyridine rings is 1. The maximum atomic E-state index is 5.64. The molecular weight excluding hydrogens is 436 g/mol. The second kappa shape index (κ2) is 9.89. The summed E-state index contributed by atoms with van der Waals surface area (Å²) in [6.07, 6.45) is 2.20. The highest BCUT2D eigenvalue weighted by Gasteiger charge is 2.19. The molecule has 9 heteroatoms. The predicted molar refractivity (Wildman–Crippen MR) is 132 cm³/mol. The first kappa shape index (κ1) is 22.5. The van der Waals surface area contributed by atoms with Crippen molar-refractivity contribution in [3.8, 4) is 0 Å². The van der Waals surface area contributed by atoms with Gasteiger partial charge in [0.1, 0.15) is 22.3 Å². The minimum absolute atomic E-state index is 0.242. The molecule has 5 rings (SSSR count). The van der Waals surface area contributed by atoms with Crippen molar-refractivity contribution in [1.82, 2.24) is 19.9 Å². The van der Waals surface area contributed by atoms with E-state index in [-0.39, 0.29) is 6.10 Å². The number of hydrogen-bond donors (Lipinski definition) is 1. The molecule has 3 aromatic heterocycles. The number of aromatic nitrogens is 3. The van der Waals surface area contributed by atoms with Crippen LogP contribution in [0.4, 0.5) is 11.6 Å². The van der Waals surface area contributed by atoms with Gasteiger partial charge in [0.15, 0.2) is 0 Å². The van der Waals surface area contributed by atoms with Crippen LogP contribution < -0.4 is 10.2 Å². The summed E-state index contributed by atoms with van der Waals surface area (Å²) >= 11 is 1.75. The van der Waals surface area contributed by atoms with Gasteiger partial charge in [-0.25, -0.2) is 15.0 Å². The fourth-order valence-corrected chi connectivity index (χ4v) is 5.42. The molecule has 2 fully saturated rings. The topological polar surface area (TPSA) is 75.6 Å². The lowest BCUT2D eigenvalue weighted by Crippen LogP contribution is -2.41. The summed E-state index contributed by atoms with van der Waals surface area (Å²) in [7, 11) is 0. The third-order valence-corrected chi connectivity index (χ3v) is 7.48. The number of nitrogens with one attached hydrogen (secondary N) is 1. The number of anilines is 2. The van der Waals surface area contributed by atoms with E-state index < -0.39 is 0 Å². The first-order valence-electron chi connectivity index (χ1n) is 11.7. The Morgan fingerprint density at radius 1 is 1.12 bits per heavy atom. The van der Waals surface area contributed by atoms with Crippen molar-refractivity contribution in [3.05, 3.63) is 40.2 Å². The first-order chi connectivity index (χ1) is 16.1. The Morgan fingerprint density at radius 3 is 2.73 bits per heavy atom. The van der Waals surface area contributed by atoms with Crippen molar-refractivity contribution >= 4 is 33.2 Å². The van der Waals surface area contributed by atoms with Crippen LogP contribution in [0.5, 0.6) is 0 Å². The van der Waals surface area contributed by atoms with Crippen LogP contribution in [0, 0.1) is 13.8 Å². The zero-order chi connectivity index (χ0) is 22.8. The molecule has 3 aromatic rings. The molecule has 1 atom stereocenters. The van der Waals surface area contributed by atoms with Crippen molar-refractivity contribution in [2.24, 2.45) is 0 Å². The maximum Gasteiger partial charge on any atom is 0.146 e. The van der Waals surface area contributed by atoms with Crippen molar-refractivity contribution in [1.29, 1.82) is 0 Å². The van der Waals surface area contributed by atoms with Crippen molar-refractivity contribution < 1.29 is 9.47 Å². The number of thiophene rings is 1. The molecule has 2 aliphatic heterocycles. The van der Waals surface area contributed by atoms with Crippen LogP contribution in [0.25, 0.3) is 10.2 Å². The lowest BCUT2D eigenvalue weighted by atomic mass is 10.2. The number of aryl methyl sites for hydroxylation is 2. The van der Waals surface area contributed by atoms with Crippen LogP contribution in [0.15, 0.2) is 18.3 Å². The molecule has 8 nitrogen and oxygen atoms in total. The molecule has 2 saturated heterocycles. The van der Waals surface area contributed by atoms with Crippen molar-refractivity contribution in [2.45, 2.75) is 40.0 Å². The lowest BCUT2D eigenvalue weighted by Gasteiger charge is -2.32. The van der Waals surface area contributed by atoms with Gasteiger partial charge in [0.2, 0.25) is 0 Å². The highest BCUT2D eigenvalue weighted by atomic mass is 32.1. The monoisotopic (exact) mass is 468 g/mol. The Labute approximate surface area is 198 Å². The smallest absolute Gasteiger partial charge is 0.146 e. The van der Waals surface area contributed by atoms with E-state index >= 15 is 0 Å². The van der Waals surface area contributed by atoms with Gasteiger partial charge in [0.05, 0.1) is 37.9 Å². The fourth-order valence-electron chi connectivity index (χ4n) is 4.37. The molecule has 5 heterocycles. The van der Waals surface area contributed by atoms with Crippen molar-refractivity contribution in [3.63, 3.8) is 0 Å².